The van der Waals surface area contributed by atoms with Crippen LogP contribution in [0.1, 0.15) is 40.0 Å². The van der Waals surface area contributed by atoms with Crippen LogP contribution < -0.4 is 10.5 Å². The topological polar surface area (TPSA) is 115 Å². The highest BCUT2D eigenvalue weighted by molar-refractivity contribution is 7.91. The van der Waals surface area contributed by atoms with Crippen LogP contribution in [0.4, 0.5) is 0 Å². The van der Waals surface area contributed by atoms with Crippen molar-refractivity contribution in [2.24, 2.45) is 5.14 Å². The van der Waals surface area contributed by atoms with E-state index in [-0.39, 0.29) is 22.6 Å². The Morgan fingerprint density at radius 3 is 2.71 bits per heavy atom. The SMILES string of the molecule is CC(C)c1nnsc1C(=O)NCc1ccc(S(N)(=O)=O)s1. The molecule has 0 unspecified atom stereocenters. The minimum Gasteiger partial charge on any atom is -0.346 e. The number of nitrogens with one attached hydrogen (secondary N) is 1. The Balaban J connectivity index is 2.04. The van der Waals surface area contributed by atoms with Crippen molar-refractivity contribution < 1.29 is 13.2 Å². The number of hydrogen-bond acceptors (Lipinski definition) is 7. The maximum Gasteiger partial charge on any atom is 0.265 e. The van der Waals surface area contributed by atoms with Crippen LogP contribution in [0.5, 0.6) is 0 Å². The van der Waals surface area contributed by atoms with Crippen molar-refractivity contribution in [1.29, 1.82) is 0 Å². The van der Waals surface area contributed by atoms with Crippen LogP contribution in [0, 0.1) is 0 Å². The number of nitrogens with two attached hydrogens (primary N) is 1. The van der Waals surface area contributed by atoms with Crippen molar-refractivity contribution in [1.82, 2.24) is 14.9 Å². The Bertz CT molecular complexity index is 748. The standard InChI is InChI=1S/C11H14N4O3S3/c1-6(2)9-10(20-15-14-9)11(16)13-5-7-3-4-8(19-7)21(12,17)18/h3-4,6H,5H2,1-2H3,(H,13,16)(H2,12,17,18). The summed E-state index contributed by atoms with van der Waals surface area (Å²) in [4.78, 5) is 13.3. The molecule has 3 N–H and O–H groups in total. The number of hydrogen-bond donors (Lipinski definition) is 2. The van der Waals surface area contributed by atoms with Gasteiger partial charge in [-0.2, -0.15) is 0 Å². The predicted molar refractivity (Wildman–Crippen MR) is 80.9 cm³/mol. The van der Waals surface area contributed by atoms with Crippen molar-refractivity contribution >= 4 is 38.8 Å². The number of amides is 1. The zero-order valence-corrected chi connectivity index (χ0v) is 13.8. The number of aromatic nitrogens is 2. The summed E-state index contributed by atoms with van der Waals surface area (Å²) in [5, 5.41) is 11.7. The van der Waals surface area contributed by atoms with Gasteiger partial charge in [0.1, 0.15) is 9.09 Å². The van der Waals surface area contributed by atoms with Gasteiger partial charge in [-0.05, 0) is 29.6 Å². The molecule has 0 atom stereocenters. The zero-order valence-electron chi connectivity index (χ0n) is 11.4. The second-order valence-corrected chi connectivity index (χ2v) is 8.30. The predicted octanol–water partition coefficient (Wildman–Crippen LogP) is 1.30. The van der Waals surface area contributed by atoms with Crippen molar-refractivity contribution in [3.63, 3.8) is 0 Å². The quantitative estimate of drug-likeness (QED) is 0.847. The summed E-state index contributed by atoms with van der Waals surface area (Å²) >= 11 is 2.08. The van der Waals surface area contributed by atoms with Crippen molar-refractivity contribution in [2.45, 2.75) is 30.5 Å². The van der Waals surface area contributed by atoms with Gasteiger partial charge >= 0.3 is 0 Å². The molecule has 2 rings (SSSR count). The third-order valence-electron chi connectivity index (χ3n) is 2.61. The van der Waals surface area contributed by atoms with E-state index in [1.165, 1.54) is 6.07 Å². The van der Waals surface area contributed by atoms with Gasteiger partial charge in [0.05, 0.1) is 12.2 Å². The van der Waals surface area contributed by atoms with Crippen LogP contribution >= 0.6 is 22.9 Å². The van der Waals surface area contributed by atoms with Gasteiger partial charge in [-0.15, -0.1) is 16.4 Å². The van der Waals surface area contributed by atoms with E-state index < -0.39 is 10.0 Å². The first kappa shape index (κ1) is 16.0. The first-order chi connectivity index (χ1) is 9.79. The van der Waals surface area contributed by atoms with E-state index in [0.717, 1.165) is 22.9 Å². The highest BCUT2D eigenvalue weighted by atomic mass is 32.2. The summed E-state index contributed by atoms with van der Waals surface area (Å²) in [6, 6.07) is 3.05. The molecule has 0 fully saturated rings. The second kappa shape index (κ2) is 6.18. The lowest BCUT2D eigenvalue weighted by molar-refractivity contribution is 0.0954. The number of nitrogens with zero attached hydrogens (tertiary/aromatic N) is 2. The number of sulfonamides is 1. The molecule has 0 aliphatic rings. The van der Waals surface area contributed by atoms with Gasteiger partial charge in [0.15, 0.2) is 0 Å². The van der Waals surface area contributed by atoms with E-state index in [1.54, 1.807) is 6.07 Å². The molecular formula is C11H14N4O3S3. The number of primary sulfonamides is 1. The molecular weight excluding hydrogens is 332 g/mol. The third-order valence-corrected chi connectivity index (χ3v) is 5.87. The summed E-state index contributed by atoms with van der Waals surface area (Å²) in [7, 11) is -3.69. The Hall–Kier alpha value is -1.36. The van der Waals surface area contributed by atoms with Gasteiger partial charge in [-0.3, -0.25) is 4.79 Å². The molecule has 7 nitrogen and oxygen atoms in total. The molecule has 0 spiro atoms. The summed E-state index contributed by atoms with van der Waals surface area (Å²) in [5.74, 6) is -0.153. The Morgan fingerprint density at radius 2 is 2.14 bits per heavy atom. The fourth-order valence-corrected chi connectivity index (χ4v) is 4.04. The van der Waals surface area contributed by atoms with Crippen LogP contribution in [0.25, 0.3) is 0 Å². The van der Waals surface area contributed by atoms with Crippen LogP contribution in [0.3, 0.4) is 0 Å². The largest absolute Gasteiger partial charge is 0.346 e. The third kappa shape index (κ3) is 3.84. The van der Waals surface area contributed by atoms with Crippen LogP contribution in [0.15, 0.2) is 16.3 Å². The molecule has 2 aromatic heterocycles. The molecule has 0 saturated carbocycles. The summed E-state index contributed by atoms with van der Waals surface area (Å²) in [5.41, 5.74) is 0.661. The average molecular weight is 346 g/mol. The normalized spacial score (nSPS) is 11.8. The lowest BCUT2D eigenvalue weighted by Gasteiger charge is -2.04. The molecule has 10 heteroatoms. The number of rotatable bonds is 5. The molecule has 114 valence electrons. The van der Waals surface area contributed by atoms with Crippen LogP contribution in [-0.4, -0.2) is 23.9 Å². The number of carbonyl (C=O) groups is 1. The minimum atomic E-state index is -3.69. The summed E-state index contributed by atoms with van der Waals surface area (Å²) < 4.78 is 26.2. The van der Waals surface area contributed by atoms with E-state index >= 15 is 0 Å². The summed E-state index contributed by atoms with van der Waals surface area (Å²) in [6.45, 7) is 4.10. The smallest absolute Gasteiger partial charge is 0.265 e. The second-order valence-electron chi connectivity index (χ2n) is 4.59. The molecule has 0 aromatic carbocycles. The van der Waals surface area contributed by atoms with Crippen molar-refractivity contribution in [3.05, 3.63) is 27.6 Å². The van der Waals surface area contributed by atoms with E-state index in [9.17, 15) is 13.2 Å². The van der Waals surface area contributed by atoms with Gasteiger partial charge in [0.25, 0.3) is 5.91 Å². The highest BCUT2D eigenvalue weighted by Gasteiger charge is 2.19. The zero-order chi connectivity index (χ0) is 15.6. The maximum absolute atomic E-state index is 12.1. The van der Waals surface area contributed by atoms with Gasteiger partial charge in [-0.25, -0.2) is 13.6 Å². The monoisotopic (exact) mass is 346 g/mol. The Morgan fingerprint density at radius 1 is 1.43 bits per heavy atom. The first-order valence-electron chi connectivity index (χ1n) is 6.01. The van der Waals surface area contributed by atoms with Gasteiger partial charge < -0.3 is 5.32 Å². The minimum absolute atomic E-state index is 0.0778. The van der Waals surface area contributed by atoms with Crippen molar-refractivity contribution in [3.8, 4) is 0 Å². The van der Waals surface area contributed by atoms with Crippen molar-refractivity contribution in [2.75, 3.05) is 0 Å². The summed E-state index contributed by atoms with van der Waals surface area (Å²) in [6.07, 6.45) is 0. The fraction of sp³-hybridized carbons (Fsp3) is 0.364. The lowest BCUT2D eigenvalue weighted by atomic mass is 10.1. The molecule has 0 aliphatic carbocycles. The Kier molecular flexibility index (Phi) is 4.71. The van der Waals surface area contributed by atoms with Crippen LogP contribution in [0.2, 0.25) is 0 Å². The molecule has 2 heterocycles. The van der Waals surface area contributed by atoms with E-state index in [2.05, 4.69) is 14.9 Å². The Labute approximate surface area is 130 Å². The number of thiophene rings is 1. The van der Waals surface area contributed by atoms with E-state index in [4.69, 9.17) is 5.14 Å². The molecule has 1 amide bonds. The molecule has 0 aliphatic heterocycles. The van der Waals surface area contributed by atoms with Gasteiger partial charge in [-0.1, -0.05) is 18.3 Å². The maximum atomic E-state index is 12.1. The van der Waals surface area contributed by atoms with Crippen LogP contribution in [-0.2, 0) is 16.6 Å². The first-order valence-corrected chi connectivity index (χ1v) is 9.14. The molecule has 0 radical (unpaired) electrons. The van der Waals surface area contributed by atoms with E-state index in [0.29, 0.717) is 15.4 Å². The van der Waals surface area contributed by atoms with E-state index in [1.807, 2.05) is 13.8 Å². The lowest BCUT2D eigenvalue weighted by Crippen LogP contribution is -2.22. The molecule has 21 heavy (non-hydrogen) atoms. The van der Waals surface area contributed by atoms with Gasteiger partial charge in [0.2, 0.25) is 10.0 Å². The average Bonchev–Trinajstić information content (AvgIpc) is 3.04. The highest BCUT2D eigenvalue weighted by Crippen LogP contribution is 2.22. The molecule has 0 bridgehead atoms. The fourth-order valence-electron chi connectivity index (χ4n) is 1.59. The molecule has 0 saturated heterocycles. The molecule has 2 aromatic rings. The number of carbonyl (C=O) groups excluding carboxylic acids is 1. The van der Waals surface area contributed by atoms with Gasteiger partial charge in [0, 0.05) is 4.88 Å².